The Bertz CT molecular complexity index is 1280. The normalized spacial score (nSPS) is 16.7. The lowest BCUT2D eigenvalue weighted by Crippen LogP contribution is -2.43. The summed E-state index contributed by atoms with van der Waals surface area (Å²) in [6, 6.07) is 10.7. The number of halogens is 3. The molecule has 0 amide bonds. The maximum absolute atomic E-state index is 12.8. The summed E-state index contributed by atoms with van der Waals surface area (Å²) in [5.74, 6) is 0.731. The minimum atomic E-state index is -4.23. The Labute approximate surface area is 200 Å². The van der Waals surface area contributed by atoms with Crippen molar-refractivity contribution in [2.24, 2.45) is 0 Å². The van der Waals surface area contributed by atoms with E-state index in [4.69, 9.17) is 5.26 Å². The highest BCUT2D eigenvalue weighted by atomic mass is 32.1. The Morgan fingerprint density at radius 2 is 2.00 bits per heavy atom. The predicted octanol–water partition coefficient (Wildman–Crippen LogP) is 5.36. The summed E-state index contributed by atoms with van der Waals surface area (Å²) in [5.41, 5.74) is 4.39. The standard InChI is InChI=1S/C25H24F3N5S/c1-32(14-16-2-3-18-9-17(13-29)10-19(18)8-16)20-4-6-33(7-5-20)23-22-11-21(12-25(26,27)28)34-24(22)31-15-30-23/h2-3,8,10-11,15,20H,4-7,9,12,14H2,1H3. The van der Waals surface area contributed by atoms with Crippen molar-refractivity contribution in [2.45, 2.75) is 44.4 Å². The molecule has 0 N–H and O–H groups in total. The van der Waals surface area contributed by atoms with Gasteiger partial charge in [-0.2, -0.15) is 18.4 Å². The Hall–Kier alpha value is -2.96. The van der Waals surface area contributed by atoms with Crippen LogP contribution in [0.2, 0.25) is 0 Å². The van der Waals surface area contributed by atoms with E-state index in [9.17, 15) is 13.2 Å². The molecule has 0 saturated carbocycles. The predicted molar refractivity (Wildman–Crippen MR) is 128 cm³/mol. The van der Waals surface area contributed by atoms with E-state index < -0.39 is 12.6 Å². The number of allylic oxidation sites excluding steroid dienone is 1. The zero-order valence-corrected chi connectivity index (χ0v) is 19.6. The summed E-state index contributed by atoms with van der Waals surface area (Å²) in [6.45, 7) is 2.42. The molecule has 0 atom stereocenters. The van der Waals surface area contributed by atoms with Gasteiger partial charge in [0, 0.05) is 42.5 Å². The Kier molecular flexibility index (Phi) is 6.04. The number of nitrogens with zero attached hydrogens (tertiary/aromatic N) is 5. The van der Waals surface area contributed by atoms with Crippen molar-refractivity contribution < 1.29 is 13.2 Å². The second-order valence-electron chi connectivity index (χ2n) is 9.05. The molecule has 5 rings (SSSR count). The van der Waals surface area contributed by atoms with Crippen molar-refractivity contribution in [1.29, 1.82) is 5.26 Å². The molecule has 3 heterocycles. The lowest BCUT2D eigenvalue weighted by atomic mass is 10.0. The number of nitriles is 1. The molecular weight excluding hydrogens is 459 g/mol. The van der Waals surface area contributed by atoms with Crippen LogP contribution in [0, 0.1) is 11.3 Å². The number of aromatic nitrogens is 2. The zero-order valence-electron chi connectivity index (χ0n) is 18.8. The number of alkyl halides is 3. The van der Waals surface area contributed by atoms with Crippen LogP contribution in [0.3, 0.4) is 0 Å². The van der Waals surface area contributed by atoms with Crippen LogP contribution in [0.4, 0.5) is 19.0 Å². The van der Waals surface area contributed by atoms with E-state index in [0.29, 0.717) is 16.3 Å². The summed E-state index contributed by atoms with van der Waals surface area (Å²) in [4.78, 5) is 14.0. The summed E-state index contributed by atoms with van der Waals surface area (Å²) >= 11 is 1.09. The molecule has 1 aromatic carbocycles. The number of fused-ring (bicyclic) bond motifs is 2. The SMILES string of the molecule is CN(Cc1ccc2c(c1)C=C(C#N)C2)C1CCN(c2ncnc3sc(CC(F)(F)F)cc23)CC1. The van der Waals surface area contributed by atoms with Gasteiger partial charge in [-0.3, -0.25) is 4.90 Å². The Morgan fingerprint density at radius 1 is 1.21 bits per heavy atom. The number of hydrogen-bond donors (Lipinski definition) is 0. The van der Waals surface area contributed by atoms with Crippen molar-refractivity contribution >= 4 is 33.4 Å². The molecule has 1 saturated heterocycles. The highest BCUT2D eigenvalue weighted by Gasteiger charge is 2.30. The van der Waals surface area contributed by atoms with Crippen LogP contribution in [0.1, 0.15) is 34.4 Å². The first kappa shape index (κ1) is 22.8. The van der Waals surface area contributed by atoms with Crippen LogP contribution in [0.5, 0.6) is 0 Å². The number of hydrogen-bond acceptors (Lipinski definition) is 6. The molecule has 0 unspecified atom stereocenters. The zero-order chi connectivity index (χ0) is 23.9. The van der Waals surface area contributed by atoms with Crippen LogP contribution < -0.4 is 4.90 Å². The van der Waals surface area contributed by atoms with Crippen molar-refractivity contribution in [3.63, 3.8) is 0 Å². The molecular formula is C25H24F3N5S. The van der Waals surface area contributed by atoms with Gasteiger partial charge in [-0.1, -0.05) is 18.2 Å². The highest BCUT2D eigenvalue weighted by molar-refractivity contribution is 7.18. The molecule has 34 heavy (non-hydrogen) atoms. The van der Waals surface area contributed by atoms with E-state index in [1.807, 2.05) is 6.08 Å². The van der Waals surface area contributed by atoms with Gasteiger partial charge in [0.1, 0.15) is 17.0 Å². The van der Waals surface area contributed by atoms with E-state index in [1.54, 1.807) is 6.07 Å². The van der Waals surface area contributed by atoms with Crippen molar-refractivity contribution in [1.82, 2.24) is 14.9 Å². The van der Waals surface area contributed by atoms with Gasteiger partial charge in [0.25, 0.3) is 0 Å². The van der Waals surface area contributed by atoms with E-state index in [1.165, 1.54) is 17.5 Å². The molecule has 1 aliphatic heterocycles. The summed E-state index contributed by atoms with van der Waals surface area (Å²) in [5, 5.41) is 9.86. The molecule has 5 nitrogen and oxygen atoms in total. The first-order valence-electron chi connectivity index (χ1n) is 11.3. The van der Waals surface area contributed by atoms with E-state index in [0.717, 1.165) is 67.2 Å². The maximum Gasteiger partial charge on any atom is 0.393 e. The number of benzene rings is 1. The van der Waals surface area contributed by atoms with E-state index in [-0.39, 0.29) is 4.88 Å². The topological polar surface area (TPSA) is 56.1 Å². The molecule has 2 aliphatic rings. The van der Waals surface area contributed by atoms with E-state index >= 15 is 0 Å². The van der Waals surface area contributed by atoms with Crippen LogP contribution in [-0.2, 0) is 19.4 Å². The number of thiophene rings is 1. The summed E-state index contributed by atoms with van der Waals surface area (Å²) < 4.78 is 38.5. The minimum Gasteiger partial charge on any atom is -0.356 e. The van der Waals surface area contributed by atoms with Crippen LogP contribution in [-0.4, -0.2) is 47.2 Å². The Balaban J connectivity index is 1.23. The largest absolute Gasteiger partial charge is 0.393 e. The van der Waals surface area contributed by atoms with Crippen LogP contribution in [0.15, 0.2) is 36.2 Å². The fraction of sp³-hybridized carbons (Fsp3) is 0.400. The van der Waals surface area contributed by atoms with Gasteiger partial charge in [-0.05, 0) is 48.7 Å². The third kappa shape index (κ3) is 4.79. The van der Waals surface area contributed by atoms with Crippen LogP contribution >= 0.6 is 11.3 Å². The minimum absolute atomic E-state index is 0.268. The summed E-state index contributed by atoms with van der Waals surface area (Å²) in [7, 11) is 2.13. The average molecular weight is 484 g/mol. The molecule has 0 bridgehead atoms. The lowest BCUT2D eigenvalue weighted by Gasteiger charge is -2.37. The maximum atomic E-state index is 12.8. The summed E-state index contributed by atoms with van der Waals surface area (Å²) in [6.07, 6.45) is 0.879. The first-order chi connectivity index (χ1) is 16.3. The number of anilines is 1. The lowest BCUT2D eigenvalue weighted by molar-refractivity contribution is -0.126. The number of rotatable bonds is 5. The molecule has 2 aromatic heterocycles. The smallest absolute Gasteiger partial charge is 0.356 e. The molecule has 9 heteroatoms. The molecule has 1 fully saturated rings. The van der Waals surface area contributed by atoms with Gasteiger partial charge in [-0.25, -0.2) is 9.97 Å². The van der Waals surface area contributed by atoms with Crippen LogP contribution in [0.25, 0.3) is 16.3 Å². The van der Waals surface area contributed by atoms with E-state index in [2.05, 4.69) is 51.1 Å². The first-order valence-corrected chi connectivity index (χ1v) is 12.1. The quantitative estimate of drug-likeness (QED) is 0.489. The number of piperidine rings is 1. The third-order valence-electron chi connectivity index (χ3n) is 6.62. The van der Waals surface area contributed by atoms with Gasteiger partial charge < -0.3 is 4.90 Å². The molecule has 3 aromatic rings. The second-order valence-corrected chi connectivity index (χ2v) is 10.2. The van der Waals surface area contributed by atoms with Gasteiger partial charge in [0.2, 0.25) is 0 Å². The van der Waals surface area contributed by atoms with Gasteiger partial charge in [0.15, 0.2) is 0 Å². The van der Waals surface area contributed by atoms with Crippen molar-refractivity contribution in [2.75, 3.05) is 25.0 Å². The monoisotopic (exact) mass is 483 g/mol. The third-order valence-corrected chi connectivity index (χ3v) is 7.66. The van der Waals surface area contributed by atoms with Crippen molar-refractivity contribution in [3.8, 4) is 6.07 Å². The average Bonchev–Trinajstić information content (AvgIpc) is 3.40. The fourth-order valence-electron chi connectivity index (χ4n) is 4.92. The fourth-order valence-corrected chi connectivity index (χ4v) is 5.94. The molecule has 0 radical (unpaired) electrons. The van der Waals surface area contributed by atoms with Crippen molar-refractivity contribution in [3.05, 3.63) is 57.7 Å². The van der Waals surface area contributed by atoms with Gasteiger partial charge in [0.05, 0.1) is 17.9 Å². The second kappa shape index (κ2) is 9.01. The van der Waals surface area contributed by atoms with Gasteiger partial charge in [-0.15, -0.1) is 11.3 Å². The molecule has 0 spiro atoms. The highest BCUT2D eigenvalue weighted by Crippen LogP contribution is 2.35. The van der Waals surface area contributed by atoms with Gasteiger partial charge >= 0.3 is 6.18 Å². The molecule has 176 valence electrons. The molecule has 1 aliphatic carbocycles. The Morgan fingerprint density at radius 3 is 2.74 bits per heavy atom.